The first-order valence-corrected chi connectivity index (χ1v) is 3.61. The molecule has 1 aromatic rings. The maximum atomic E-state index is 13.0. The van der Waals surface area contributed by atoms with Gasteiger partial charge in [0, 0.05) is 5.56 Å². The van der Waals surface area contributed by atoms with Crippen LogP contribution in [-0.4, -0.2) is 6.36 Å². The van der Waals surface area contributed by atoms with Gasteiger partial charge in [-0.05, 0) is 19.1 Å². The van der Waals surface area contributed by atoms with E-state index in [2.05, 4.69) is 4.74 Å². The molecule has 0 amide bonds. The van der Waals surface area contributed by atoms with Gasteiger partial charge < -0.3 is 10.5 Å². The molecule has 0 heterocycles. The number of hydrogen-bond donors (Lipinski definition) is 1. The lowest BCUT2D eigenvalue weighted by Crippen LogP contribution is -2.18. The van der Waals surface area contributed by atoms with Gasteiger partial charge in [0.05, 0.1) is 5.69 Å². The van der Waals surface area contributed by atoms with Crippen molar-refractivity contribution >= 4 is 5.69 Å². The fraction of sp³-hybridized carbons (Fsp3) is 0.250. The minimum absolute atomic E-state index is 0.211. The van der Waals surface area contributed by atoms with E-state index in [1.807, 2.05) is 0 Å². The van der Waals surface area contributed by atoms with E-state index >= 15 is 0 Å². The first-order chi connectivity index (χ1) is 6.31. The summed E-state index contributed by atoms with van der Waals surface area (Å²) in [5, 5.41) is 0. The quantitative estimate of drug-likeness (QED) is 0.570. The zero-order valence-corrected chi connectivity index (χ0v) is 7.15. The second kappa shape index (κ2) is 3.36. The number of nitrogen functional groups attached to an aromatic ring is 1. The lowest BCUT2D eigenvalue weighted by atomic mass is 10.2. The van der Waals surface area contributed by atoms with Crippen LogP contribution in [0.1, 0.15) is 5.56 Å². The van der Waals surface area contributed by atoms with Crippen LogP contribution < -0.4 is 10.5 Å². The van der Waals surface area contributed by atoms with Crippen molar-refractivity contribution in [1.82, 2.24) is 0 Å². The van der Waals surface area contributed by atoms with Gasteiger partial charge in [-0.3, -0.25) is 0 Å². The van der Waals surface area contributed by atoms with Gasteiger partial charge in [0.25, 0.3) is 0 Å². The highest BCUT2D eigenvalue weighted by molar-refractivity contribution is 5.49. The van der Waals surface area contributed by atoms with Crippen LogP contribution in [0.25, 0.3) is 0 Å². The van der Waals surface area contributed by atoms with Crippen LogP contribution in [0.3, 0.4) is 0 Å². The SMILES string of the molecule is Cc1c(OC(F)(F)F)ccc(N)c1F. The maximum Gasteiger partial charge on any atom is 0.573 e. The number of rotatable bonds is 1. The Morgan fingerprint density at radius 1 is 1.29 bits per heavy atom. The Morgan fingerprint density at radius 3 is 2.36 bits per heavy atom. The monoisotopic (exact) mass is 209 g/mol. The first kappa shape index (κ1) is 10.6. The third-order valence-electron chi connectivity index (χ3n) is 1.59. The molecule has 0 fully saturated rings. The van der Waals surface area contributed by atoms with Crippen LogP contribution in [0.15, 0.2) is 12.1 Å². The van der Waals surface area contributed by atoms with Crippen molar-refractivity contribution in [3.8, 4) is 5.75 Å². The van der Waals surface area contributed by atoms with Gasteiger partial charge in [-0.25, -0.2) is 4.39 Å². The van der Waals surface area contributed by atoms with Gasteiger partial charge in [0.15, 0.2) is 5.82 Å². The molecule has 0 saturated carbocycles. The largest absolute Gasteiger partial charge is 0.573 e. The van der Waals surface area contributed by atoms with Crippen LogP contribution in [0.4, 0.5) is 23.2 Å². The van der Waals surface area contributed by atoms with E-state index in [4.69, 9.17) is 5.73 Å². The fourth-order valence-corrected chi connectivity index (χ4v) is 0.924. The summed E-state index contributed by atoms with van der Waals surface area (Å²) >= 11 is 0. The standard InChI is InChI=1S/C8H7F4NO/c1-4-6(14-8(10,11)12)3-2-5(13)7(4)9/h2-3H,13H2,1H3. The molecule has 6 heteroatoms. The molecule has 0 aliphatic rings. The summed E-state index contributed by atoms with van der Waals surface area (Å²) in [4.78, 5) is 0. The normalized spacial score (nSPS) is 11.5. The van der Waals surface area contributed by atoms with E-state index in [9.17, 15) is 17.6 Å². The summed E-state index contributed by atoms with van der Waals surface area (Å²) in [5.74, 6) is -1.48. The van der Waals surface area contributed by atoms with Crippen molar-refractivity contribution in [3.63, 3.8) is 0 Å². The molecule has 2 nitrogen and oxygen atoms in total. The predicted molar refractivity (Wildman–Crippen MR) is 42.2 cm³/mol. The number of benzene rings is 1. The number of anilines is 1. The molecule has 0 aliphatic carbocycles. The average Bonchev–Trinajstić information content (AvgIpc) is 2.04. The first-order valence-electron chi connectivity index (χ1n) is 3.61. The highest BCUT2D eigenvalue weighted by atomic mass is 19.4. The zero-order chi connectivity index (χ0) is 10.9. The van der Waals surface area contributed by atoms with E-state index in [0.29, 0.717) is 0 Å². The second-order valence-electron chi connectivity index (χ2n) is 2.64. The molecule has 0 atom stereocenters. The predicted octanol–water partition coefficient (Wildman–Crippen LogP) is 2.61. The van der Waals surface area contributed by atoms with Gasteiger partial charge in [0.2, 0.25) is 0 Å². The molecule has 0 aromatic heterocycles. The lowest BCUT2D eigenvalue weighted by Gasteiger charge is -2.12. The van der Waals surface area contributed by atoms with Crippen molar-refractivity contribution in [2.75, 3.05) is 5.73 Å². The number of nitrogens with two attached hydrogens (primary N) is 1. The molecular formula is C8H7F4NO. The Morgan fingerprint density at radius 2 is 1.86 bits per heavy atom. The van der Waals surface area contributed by atoms with Crippen molar-refractivity contribution in [1.29, 1.82) is 0 Å². The molecule has 0 unspecified atom stereocenters. The van der Waals surface area contributed by atoms with E-state index in [-0.39, 0.29) is 11.3 Å². The minimum Gasteiger partial charge on any atom is -0.405 e. The Bertz CT molecular complexity index is 348. The summed E-state index contributed by atoms with van der Waals surface area (Å²) in [6, 6.07) is 1.99. The molecule has 14 heavy (non-hydrogen) atoms. The second-order valence-corrected chi connectivity index (χ2v) is 2.64. The molecule has 0 saturated heterocycles. The van der Waals surface area contributed by atoms with Crippen LogP contribution in [0.5, 0.6) is 5.75 Å². The van der Waals surface area contributed by atoms with Crippen molar-refractivity contribution in [3.05, 3.63) is 23.5 Å². The third kappa shape index (κ3) is 2.27. The minimum atomic E-state index is -4.83. The smallest absolute Gasteiger partial charge is 0.405 e. The van der Waals surface area contributed by atoms with Crippen LogP contribution in [-0.2, 0) is 0 Å². The summed E-state index contributed by atoms with van der Waals surface area (Å²) in [7, 11) is 0. The van der Waals surface area contributed by atoms with E-state index in [0.717, 1.165) is 19.1 Å². The topological polar surface area (TPSA) is 35.2 Å². The highest BCUT2D eigenvalue weighted by Crippen LogP contribution is 2.29. The van der Waals surface area contributed by atoms with Crippen LogP contribution >= 0.6 is 0 Å². The van der Waals surface area contributed by atoms with E-state index in [1.165, 1.54) is 0 Å². The van der Waals surface area contributed by atoms with Gasteiger partial charge in [0.1, 0.15) is 5.75 Å². The maximum absolute atomic E-state index is 13.0. The molecule has 1 rings (SSSR count). The van der Waals surface area contributed by atoms with Crippen molar-refractivity contribution in [2.24, 2.45) is 0 Å². The number of alkyl halides is 3. The number of ether oxygens (including phenoxy) is 1. The summed E-state index contributed by atoms with van der Waals surface area (Å²) in [5.41, 5.74) is 4.67. The van der Waals surface area contributed by atoms with Gasteiger partial charge in [-0.2, -0.15) is 0 Å². The molecule has 0 aliphatic heterocycles. The summed E-state index contributed by atoms with van der Waals surface area (Å²) in [6.45, 7) is 1.16. The molecule has 0 bridgehead atoms. The Balaban J connectivity index is 3.06. The summed E-state index contributed by atoms with van der Waals surface area (Å²) in [6.07, 6.45) is -4.83. The summed E-state index contributed by atoms with van der Waals surface area (Å²) < 4.78 is 51.9. The van der Waals surface area contributed by atoms with Gasteiger partial charge in [-0.15, -0.1) is 13.2 Å². The van der Waals surface area contributed by atoms with E-state index in [1.54, 1.807) is 0 Å². The third-order valence-corrected chi connectivity index (χ3v) is 1.59. The van der Waals surface area contributed by atoms with Crippen LogP contribution in [0.2, 0.25) is 0 Å². The molecule has 2 N–H and O–H groups in total. The Labute approximate surface area is 77.3 Å². The molecule has 1 aromatic carbocycles. The van der Waals surface area contributed by atoms with Crippen molar-refractivity contribution < 1.29 is 22.3 Å². The fourth-order valence-electron chi connectivity index (χ4n) is 0.924. The van der Waals surface area contributed by atoms with E-state index < -0.39 is 17.9 Å². The van der Waals surface area contributed by atoms with Gasteiger partial charge >= 0.3 is 6.36 Å². The molecule has 0 spiro atoms. The van der Waals surface area contributed by atoms with Gasteiger partial charge in [-0.1, -0.05) is 0 Å². The molecular weight excluding hydrogens is 202 g/mol. The zero-order valence-electron chi connectivity index (χ0n) is 7.15. The van der Waals surface area contributed by atoms with Crippen molar-refractivity contribution in [2.45, 2.75) is 13.3 Å². The Hall–Kier alpha value is -1.46. The number of hydrogen-bond acceptors (Lipinski definition) is 2. The molecule has 78 valence electrons. The van der Waals surface area contributed by atoms with Crippen LogP contribution in [0, 0.1) is 12.7 Å². The molecule has 0 radical (unpaired) electrons. The lowest BCUT2D eigenvalue weighted by molar-refractivity contribution is -0.274. The average molecular weight is 209 g/mol. The number of halogens is 4. The highest BCUT2D eigenvalue weighted by Gasteiger charge is 2.32. The Kier molecular flexibility index (Phi) is 2.55.